The van der Waals surface area contributed by atoms with Crippen LogP contribution in [0.25, 0.3) is 0 Å². The molecule has 0 unspecified atom stereocenters. The lowest BCUT2D eigenvalue weighted by Gasteiger charge is -2.04. The average molecular weight is 274 g/mol. The van der Waals surface area contributed by atoms with Crippen LogP contribution in [0.1, 0.15) is 38.9 Å². The summed E-state index contributed by atoms with van der Waals surface area (Å²) < 4.78 is 0. The Morgan fingerprint density at radius 1 is 1.37 bits per heavy atom. The smallest absolute Gasteiger partial charge is 0.267 e. The fourth-order valence-corrected chi connectivity index (χ4v) is 2.34. The Kier molecular flexibility index (Phi) is 4.06. The van der Waals surface area contributed by atoms with Gasteiger partial charge in [-0.3, -0.25) is 9.59 Å². The second kappa shape index (κ2) is 5.75. The van der Waals surface area contributed by atoms with Crippen molar-refractivity contribution in [1.29, 1.82) is 0 Å². The molecule has 1 heterocycles. The summed E-state index contributed by atoms with van der Waals surface area (Å²) in [6, 6.07) is 6.89. The Balaban J connectivity index is 2.14. The number of aryl methyl sites for hydroxylation is 1. The number of aromatic nitrogens is 1. The molecule has 0 aliphatic rings. The first-order valence-electron chi connectivity index (χ1n) is 5.97. The molecule has 98 valence electrons. The zero-order chi connectivity index (χ0) is 13.8. The second-order valence-corrected chi connectivity index (χ2v) is 5.18. The number of nitrogens with one attached hydrogen (secondary N) is 1. The molecule has 1 amide bonds. The van der Waals surface area contributed by atoms with Crippen molar-refractivity contribution in [2.75, 3.05) is 5.32 Å². The van der Waals surface area contributed by atoms with Gasteiger partial charge in [-0.2, -0.15) is 0 Å². The predicted octanol–water partition coefficient (Wildman–Crippen LogP) is 3.16. The van der Waals surface area contributed by atoms with E-state index in [1.54, 1.807) is 30.5 Å². The fourth-order valence-electron chi connectivity index (χ4n) is 1.59. The monoisotopic (exact) mass is 274 g/mol. The van der Waals surface area contributed by atoms with Crippen molar-refractivity contribution in [3.8, 4) is 0 Å². The highest BCUT2D eigenvalue weighted by Crippen LogP contribution is 2.17. The molecule has 0 atom stereocenters. The lowest BCUT2D eigenvalue weighted by Crippen LogP contribution is -2.10. The number of amides is 1. The molecule has 0 saturated heterocycles. The summed E-state index contributed by atoms with van der Waals surface area (Å²) in [7, 11) is 0. The van der Waals surface area contributed by atoms with Crippen LogP contribution in [0, 0.1) is 0 Å². The minimum atomic E-state index is -0.196. The highest BCUT2D eigenvalue weighted by atomic mass is 32.1. The average Bonchev–Trinajstić information content (AvgIpc) is 2.88. The number of hydrogen-bond acceptors (Lipinski definition) is 4. The molecule has 1 N–H and O–H groups in total. The standard InChI is InChI=1S/C14H14N2O2S/c1-3-13-15-8-12(19-13)14(18)16-11-6-4-5-10(7-11)9(2)17/h4-8H,3H2,1-2H3,(H,16,18). The van der Waals surface area contributed by atoms with E-state index in [1.807, 2.05) is 6.92 Å². The van der Waals surface area contributed by atoms with Crippen LogP contribution in [0.2, 0.25) is 0 Å². The molecule has 1 aromatic carbocycles. The van der Waals surface area contributed by atoms with Crippen LogP contribution in [0.4, 0.5) is 5.69 Å². The van der Waals surface area contributed by atoms with Crippen LogP contribution >= 0.6 is 11.3 Å². The van der Waals surface area contributed by atoms with Crippen LogP contribution in [-0.2, 0) is 6.42 Å². The van der Waals surface area contributed by atoms with Gasteiger partial charge in [-0.25, -0.2) is 4.98 Å². The van der Waals surface area contributed by atoms with Crippen molar-refractivity contribution in [1.82, 2.24) is 4.98 Å². The first kappa shape index (κ1) is 13.4. The summed E-state index contributed by atoms with van der Waals surface area (Å²) in [6.07, 6.45) is 2.39. The third-order valence-electron chi connectivity index (χ3n) is 2.61. The van der Waals surface area contributed by atoms with Gasteiger partial charge in [0.15, 0.2) is 5.78 Å². The number of rotatable bonds is 4. The topological polar surface area (TPSA) is 59.1 Å². The highest BCUT2D eigenvalue weighted by Gasteiger charge is 2.10. The Morgan fingerprint density at radius 2 is 2.16 bits per heavy atom. The minimum absolute atomic E-state index is 0.0258. The number of benzene rings is 1. The van der Waals surface area contributed by atoms with E-state index < -0.39 is 0 Å². The summed E-state index contributed by atoms with van der Waals surface area (Å²) in [6.45, 7) is 3.49. The van der Waals surface area contributed by atoms with Gasteiger partial charge in [-0.1, -0.05) is 19.1 Å². The molecule has 0 aliphatic heterocycles. The SMILES string of the molecule is CCc1ncc(C(=O)Nc2cccc(C(C)=O)c2)s1. The van der Waals surface area contributed by atoms with Crippen LogP contribution in [0.5, 0.6) is 0 Å². The Morgan fingerprint density at radius 3 is 2.79 bits per heavy atom. The fraction of sp³-hybridized carbons (Fsp3) is 0.214. The van der Waals surface area contributed by atoms with E-state index in [0.29, 0.717) is 16.1 Å². The Hall–Kier alpha value is -2.01. The summed E-state index contributed by atoms with van der Waals surface area (Å²) in [4.78, 5) is 28.0. The van der Waals surface area contributed by atoms with Gasteiger partial charge >= 0.3 is 0 Å². The van der Waals surface area contributed by atoms with Gasteiger partial charge in [0, 0.05) is 11.3 Å². The molecule has 2 rings (SSSR count). The molecule has 1 aromatic heterocycles. The predicted molar refractivity (Wildman–Crippen MR) is 75.9 cm³/mol. The highest BCUT2D eigenvalue weighted by molar-refractivity contribution is 7.13. The number of ketones is 1. The third-order valence-corrected chi connectivity index (χ3v) is 3.75. The largest absolute Gasteiger partial charge is 0.321 e. The van der Waals surface area contributed by atoms with Gasteiger partial charge in [0.25, 0.3) is 5.91 Å². The first-order valence-corrected chi connectivity index (χ1v) is 6.79. The van der Waals surface area contributed by atoms with Gasteiger partial charge in [0.2, 0.25) is 0 Å². The van der Waals surface area contributed by atoms with Gasteiger partial charge in [0.05, 0.1) is 11.2 Å². The molecule has 19 heavy (non-hydrogen) atoms. The summed E-state index contributed by atoms with van der Waals surface area (Å²) in [5.74, 6) is -0.222. The summed E-state index contributed by atoms with van der Waals surface area (Å²) >= 11 is 1.38. The van der Waals surface area contributed by atoms with Gasteiger partial charge in [0.1, 0.15) is 4.88 Å². The number of hydrogen-bond donors (Lipinski definition) is 1. The van der Waals surface area contributed by atoms with Gasteiger partial charge in [-0.15, -0.1) is 11.3 Å². The zero-order valence-electron chi connectivity index (χ0n) is 10.8. The third kappa shape index (κ3) is 3.26. The van der Waals surface area contributed by atoms with E-state index >= 15 is 0 Å². The molecule has 0 saturated carbocycles. The van der Waals surface area contributed by atoms with Crippen molar-refractivity contribution in [3.05, 3.63) is 45.9 Å². The number of nitrogens with zero attached hydrogens (tertiary/aromatic N) is 1. The van der Waals surface area contributed by atoms with E-state index in [4.69, 9.17) is 0 Å². The second-order valence-electron chi connectivity index (χ2n) is 4.06. The normalized spacial score (nSPS) is 10.2. The Labute approximate surface area is 115 Å². The zero-order valence-corrected chi connectivity index (χ0v) is 11.6. The molecule has 5 heteroatoms. The van der Waals surface area contributed by atoms with Crippen LogP contribution in [0.15, 0.2) is 30.5 Å². The molecule has 0 aliphatic carbocycles. The molecular formula is C14H14N2O2S. The maximum Gasteiger partial charge on any atom is 0.267 e. The van der Waals surface area contributed by atoms with E-state index in [2.05, 4.69) is 10.3 Å². The molecular weight excluding hydrogens is 260 g/mol. The molecule has 2 aromatic rings. The lowest BCUT2D eigenvalue weighted by atomic mass is 10.1. The molecule has 0 bridgehead atoms. The molecule has 0 fully saturated rings. The van der Waals surface area contributed by atoms with Crippen LogP contribution in [-0.4, -0.2) is 16.7 Å². The van der Waals surface area contributed by atoms with Crippen LogP contribution < -0.4 is 5.32 Å². The quantitative estimate of drug-likeness (QED) is 0.871. The maximum absolute atomic E-state index is 12.0. The van der Waals surface area contributed by atoms with E-state index in [1.165, 1.54) is 18.3 Å². The summed E-state index contributed by atoms with van der Waals surface area (Å²) in [5, 5.41) is 3.70. The molecule has 0 radical (unpaired) electrons. The lowest BCUT2D eigenvalue weighted by molar-refractivity contribution is 0.101. The van der Waals surface area contributed by atoms with Crippen molar-refractivity contribution < 1.29 is 9.59 Å². The van der Waals surface area contributed by atoms with Crippen molar-refractivity contribution >= 4 is 28.7 Å². The van der Waals surface area contributed by atoms with Gasteiger partial charge in [-0.05, 0) is 25.5 Å². The van der Waals surface area contributed by atoms with Crippen molar-refractivity contribution in [3.63, 3.8) is 0 Å². The minimum Gasteiger partial charge on any atom is -0.321 e. The number of anilines is 1. The molecule has 4 nitrogen and oxygen atoms in total. The van der Waals surface area contributed by atoms with E-state index in [0.717, 1.165) is 11.4 Å². The Bertz CT molecular complexity index is 619. The van der Waals surface area contributed by atoms with Crippen molar-refractivity contribution in [2.24, 2.45) is 0 Å². The summed E-state index contributed by atoms with van der Waals surface area (Å²) in [5.41, 5.74) is 1.19. The van der Waals surface area contributed by atoms with Crippen molar-refractivity contribution in [2.45, 2.75) is 20.3 Å². The number of carbonyl (C=O) groups is 2. The number of thiazole rings is 1. The number of carbonyl (C=O) groups excluding carboxylic acids is 2. The first-order chi connectivity index (χ1) is 9.10. The number of Topliss-reactive ketones (excluding diaryl/α,β-unsaturated/α-hetero) is 1. The molecule has 0 spiro atoms. The maximum atomic E-state index is 12.0. The van der Waals surface area contributed by atoms with Crippen LogP contribution in [0.3, 0.4) is 0 Å². The van der Waals surface area contributed by atoms with E-state index in [-0.39, 0.29) is 11.7 Å². The van der Waals surface area contributed by atoms with Gasteiger partial charge < -0.3 is 5.32 Å². The van der Waals surface area contributed by atoms with E-state index in [9.17, 15) is 9.59 Å².